The summed E-state index contributed by atoms with van der Waals surface area (Å²) in [5, 5.41) is 3.15. The molecule has 16 heavy (non-hydrogen) atoms. The molecule has 0 aromatic carbocycles. The molecule has 2 N–H and O–H groups in total. The second kappa shape index (κ2) is 4.44. The highest BCUT2D eigenvalue weighted by Gasteiger charge is 2.20. The van der Waals surface area contributed by atoms with Crippen molar-refractivity contribution < 1.29 is 4.79 Å². The molecule has 1 aromatic heterocycles. The molecular formula is C10H14N4O2. The molecule has 2 heterocycles. The Hall–Kier alpha value is -1.69. The first kappa shape index (κ1) is 10.8. The lowest BCUT2D eigenvalue weighted by molar-refractivity contribution is 0.0733. The minimum Gasteiger partial charge on any atom is -0.336 e. The Bertz CT molecular complexity index is 448. The van der Waals surface area contributed by atoms with Gasteiger partial charge < -0.3 is 15.2 Å². The minimum atomic E-state index is -0.365. The standard InChI is InChI=1S/C10H14N4O2/c1-7-12-6-8(9(15)13-7)10(16)14-4-2-11-3-5-14/h6,11H,2-5H2,1H3,(H,12,13,15). The largest absolute Gasteiger partial charge is 0.336 e. The quantitative estimate of drug-likeness (QED) is 0.647. The Labute approximate surface area is 92.7 Å². The summed E-state index contributed by atoms with van der Waals surface area (Å²) in [5.41, 5.74) is -0.247. The number of hydrogen-bond donors (Lipinski definition) is 2. The molecule has 1 aromatic rings. The van der Waals surface area contributed by atoms with Crippen molar-refractivity contribution in [3.05, 3.63) is 27.9 Å². The molecule has 1 amide bonds. The molecule has 1 fully saturated rings. The first-order valence-corrected chi connectivity index (χ1v) is 5.24. The fourth-order valence-electron chi connectivity index (χ4n) is 1.67. The van der Waals surface area contributed by atoms with Gasteiger partial charge in [-0.15, -0.1) is 0 Å². The Morgan fingerprint density at radius 1 is 1.44 bits per heavy atom. The van der Waals surface area contributed by atoms with Crippen molar-refractivity contribution in [2.24, 2.45) is 0 Å². The fraction of sp³-hybridized carbons (Fsp3) is 0.500. The van der Waals surface area contributed by atoms with Crippen molar-refractivity contribution in [2.75, 3.05) is 26.2 Å². The molecule has 2 rings (SSSR count). The number of hydrogen-bond acceptors (Lipinski definition) is 4. The normalized spacial score (nSPS) is 16.2. The zero-order valence-electron chi connectivity index (χ0n) is 9.12. The number of carbonyl (C=O) groups excluding carboxylic acids is 1. The predicted molar refractivity (Wildman–Crippen MR) is 58.4 cm³/mol. The molecule has 0 unspecified atom stereocenters. The predicted octanol–water partition coefficient (Wildman–Crippen LogP) is -0.876. The Morgan fingerprint density at radius 2 is 2.12 bits per heavy atom. The van der Waals surface area contributed by atoms with E-state index in [9.17, 15) is 9.59 Å². The van der Waals surface area contributed by atoms with E-state index in [1.54, 1.807) is 11.8 Å². The van der Waals surface area contributed by atoms with Crippen molar-refractivity contribution in [3.8, 4) is 0 Å². The number of aryl methyl sites for hydroxylation is 1. The van der Waals surface area contributed by atoms with E-state index >= 15 is 0 Å². The van der Waals surface area contributed by atoms with E-state index in [-0.39, 0.29) is 17.0 Å². The maximum atomic E-state index is 12.0. The molecule has 86 valence electrons. The SMILES string of the molecule is Cc1ncc(C(=O)N2CCNCC2)c(=O)[nH]1. The average Bonchev–Trinajstić information content (AvgIpc) is 2.29. The molecule has 1 aliphatic rings. The first-order chi connectivity index (χ1) is 7.68. The summed E-state index contributed by atoms with van der Waals surface area (Å²) in [5.74, 6) is 0.275. The van der Waals surface area contributed by atoms with E-state index in [1.165, 1.54) is 6.20 Å². The van der Waals surface area contributed by atoms with Crippen LogP contribution in [0.15, 0.2) is 11.0 Å². The molecule has 1 aliphatic heterocycles. The monoisotopic (exact) mass is 222 g/mol. The van der Waals surface area contributed by atoms with Crippen LogP contribution in [0.4, 0.5) is 0 Å². The van der Waals surface area contributed by atoms with Gasteiger partial charge in [-0.25, -0.2) is 4.98 Å². The Balaban J connectivity index is 2.23. The number of aromatic nitrogens is 2. The van der Waals surface area contributed by atoms with Crippen LogP contribution in [0.25, 0.3) is 0 Å². The van der Waals surface area contributed by atoms with Gasteiger partial charge in [-0.2, -0.15) is 0 Å². The van der Waals surface area contributed by atoms with Crippen LogP contribution in [-0.2, 0) is 0 Å². The van der Waals surface area contributed by atoms with Crippen molar-refractivity contribution in [3.63, 3.8) is 0 Å². The van der Waals surface area contributed by atoms with Crippen molar-refractivity contribution in [1.29, 1.82) is 0 Å². The summed E-state index contributed by atoms with van der Waals surface area (Å²) in [6, 6.07) is 0. The third-order valence-electron chi connectivity index (χ3n) is 2.56. The summed E-state index contributed by atoms with van der Waals surface area (Å²) < 4.78 is 0. The summed E-state index contributed by atoms with van der Waals surface area (Å²) in [7, 11) is 0. The third kappa shape index (κ3) is 2.11. The number of amides is 1. The minimum absolute atomic E-state index is 0.118. The summed E-state index contributed by atoms with van der Waals surface area (Å²) in [4.78, 5) is 31.7. The Morgan fingerprint density at radius 3 is 2.75 bits per heavy atom. The van der Waals surface area contributed by atoms with E-state index in [2.05, 4.69) is 15.3 Å². The van der Waals surface area contributed by atoms with Crippen LogP contribution in [0.3, 0.4) is 0 Å². The molecule has 0 radical (unpaired) electrons. The number of nitrogens with zero attached hydrogens (tertiary/aromatic N) is 2. The van der Waals surface area contributed by atoms with Gasteiger partial charge in [0.2, 0.25) is 0 Å². The zero-order valence-corrected chi connectivity index (χ0v) is 9.12. The second-order valence-electron chi connectivity index (χ2n) is 3.75. The molecule has 0 saturated carbocycles. The zero-order chi connectivity index (χ0) is 11.5. The smallest absolute Gasteiger partial charge is 0.263 e. The Kier molecular flexibility index (Phi) is 3.00. The van der Waals surface area contributed by atoms with Crippen molar-refractivity contribution in [2.45, 2.75) is 6.92 Å². The van der Waals surface area contributed by atoms with Gasteiger partial charge in [-0.05, 0) is 6.92 Å². The van der Waals surface area contributed by atoms with E-state index < -0.39 is 0 Å². The topological polar surface area (TPSA) is 78.1 Å². The average molecular weight is 222 g/mol. The van der Waals surface area contributed by atoms with Gasteiger partial charge in [-0.3, -0.25) is 9.59 Å². The molecular weight excluding hydrogens is 208 g/mol. The highest BCUT2D eigenvalue weighted by Crippen LogP contribution is 2.00. The van der Waals surface area contributed by atoms with Gasteiger partial charge in [0.1, 0.15) is 11.4 Å². The highest BCUT2D eigenvalue weighted by atomic mass is 16.2. The van der Waals surface area contributed by atoms with Crippen LogP contribution in [0.2, 0.25) is 0 Å². The number of piperazine rings is 1. The van der Waals surface area contributed by atoms with Gasteiger partial charge in [0.05, 0.1) is 0 Å². The lowest BCUT2D eigenvalue weighted by Gasteiger charge is -2.27. The lowest BCUT2D eigenvalue weighted by atomic mass is 10.2. The summed E-state index contributed by atoms with van der Waals surface area (Å²) in [6.45, 7) is 4.48. The van der Waals surface area contributed by atoms with Crippen LogP contribution >= 0.6 is 0 Å². The van der Waals surface area contributed by atoms with E-state index in [4.69, 9.17) is 0 Å². The number of carbonyl (C=O) groups is 1. The van der Waals surface area contributed by atoms with Crippen molar-refractivity contribution in [1.82, 2.24) is 20.2 Å². The lowest BCUT2D eigenvalue weighted by Crippen LogP contribution is -2.47. The van der Waals surface area contributed by atoms with E-state index in [0.29, 0.717) is 18.9 Å². The number of H-pyrrole nitrogens is 1. The second-order valence-corrected chi connectivity index (χ2v) is 3.75. The molecule has 0 bridgehead atoms. The number of nitrogens with one attached hydrogen (secondary N) is 2. The van der Waals surface area contributed by atoms with Crippen molar-refractivity contribution >= 4 is 5.91 Å². The van der Waals surface area contributed by atoms with Gasteiger partial charge in [-0.1, -0.05) is 0 Å². The summed E-state index contributed by atoms with van der Waals surface area (Å²) >= 11 is 0. The fourth-order valence-corrected chi connectivity index (χ4v) is 1.67. The van der Waals surface area contributed by atoms with Crippen LogP contribution in [-0.4, -0.2) is 47.0 Å². The van der Waals surface area contributed by atoms with Crippen LogP contribution < -0.4 is 10.9 Å². The van der Waals surface area contributed by atoms with E-state index in [0.717, 1.165) is 13.1 Å². The first-order valence-electron chi connectivity index (χ1n) is 5.24. The maximum Gasteiger partial charge on any atom is 0.263 e. The molecule has 1 saturated heterocycles. The van der Waals surface area contributed by atoms with Crippen LogP contribution in [0, 0.1) is 6.92 Å². The van der Waals surface area contributed by atoms with Crippen LogP contribution in [0.5, 0.6) is 0 Å². The maximum absolute atomic E-state index is 12.0. The molecule has 0 aliphatic carbocycles. The van der Waals surface area contributed by atoms with Gasteiger partial charge in [0.25, 0.3) is 11.5 Å². The third-order valence-corrected chi connectivity index (χ3v) is 2.56. The van der Waals surface area contributed by atoms with E-state index in [1.807, 2.05) is 0 Å². The van der Waals surface area contributed by atoms with Crippen LogP contribution in [0.1, 0.15) is 16.2 Å². The molecule has 0 atom stereocenters. The number of rotatable bonds is 1. The van der Waals surface area contributed by atoms with Gasteiger partial charge >= 0.3 is 0 Å². The summed E-state index contributed by atoms with van der Waals surface area (Å²) in [6.07, 6.45) is 1.35. The number of aromatic amines is 1. The molecule has 6 nitrogen and oxygen atoms in total. The van der Waals surface area contributed by atoms with Gasteiger partial charge in [0.15, 0.2) is 0 Å². The molecule has 0 spiro atoms. The highest BCUT2D eigenvalue weighted by molar-refractivity contribution is 5.93. The molecule has 6 heteroatoms. The van der Waals surface area contributed by atoms with Gasteiger partial charge in [0, 0.05) is 32.4 Å².